The highest BCUT2D eigenvalue weighted by atomic mass is 79.9. The van der Waals surface area contributed by atoms with Crippen molar-refractivity contribution in [3.05, 3.63) is 61.4 Å². The fourth-order valence-electron chi connectivity index (χ4n) is 1.74. The van der Waals surface area contributed by atoms with Gasteiger partial charge in [-0.1, -0.05) is 0 Å². The summed E-state index contributed by atoms with van der Waals surface area (Å²) in [6.07, 6.45) is 1.59. The Balaban J connectivity index is 2.19. The predicted octanol–water partition coefficient (Wildman–Crippen LogP) is 4.99. The normalized spacial score (nSPS) is 14.4. The molecule has 0 spiro atoms. The number of ether oxygens (including phenoxy) is 1. The zero-order valence-corrected chi connectivity index (χ0v) is 14.4. The molecule has 1 aliphatic rings. The maximum Gasteiger partial charge on any atom is 0.350 e. The molecule has 1 aliphatic heterocycles. The molecule has 0 saturated heterocycles. The zero-order valence-electron chi connectivity index (χ0n) is 9.65. The molecule has 3 heterocycles. The molecule has 0 bridgehead atoms. The van der Waals surface area contributed by atoms with Crippen molar-refractivity contribution in [2.24, 2.45) is 0 Å². The zero-order chi connectivity index (χ0) is 14.3. The van der Waals surface area contributed by atoms with Crippen molar-refractivity contribution < 1.29 is 18.4 Å². The number of furan rings is 2. The van der Waals surface area contributed by atoms with Crippen molar-refractivity contribution in [1.82, 2.24) is 0 Å². The van der Waals surface area contributed by atoms with Gasteiger partial charge in [0.2, 0.25) is 0 Å². The van der Waals surface area contributed by atoms with Crippen molar-refractivity contribution in [2.75, 3.05) is 0 Å². The largest absolute Gasteiger partial charge is 0.449 e. The summed E-state index contributed by atoms with van der Waals surface area (Å²) >= 11 is 9.64. The van der Waals surface area contributed by atoms with Gasteiger partial charge in [-0.3, -0.25) is 0 Å². The van der Waals surface area contributed by atoms with Crippen molar-refractivity contribution in [3.8, 4) is 0 Å². The third-order valence-corrected chi connectivity index (χ3v) is 3.95. The first-order valence-corrected chi connectivity index (χ1v) is 7.77. The van der Waals surface area contributed by atoms with Gasteiger partial charge in [-0.15, -0.1) is 0 Å². The summed E-state index contributed by atoms with van der Waals surface area (Å²) in [7, 11) is 0. The van der Waals surface area contributed by atoms with Crippen LogP contribution in [0.4, 0.5) is 0 Å². The molecule has 4 nitrogen and oxygen atoms in total. The maximum atomic E-state index is 11.5. The maximum absolute atomic E-state index is 11.5. The molecule has 0 aliphatic carbocycles. The van der Waals surface area contributed by atoms with E-state index in [1.54, 1.807) is 30.3 Å². The number of carbonyl (C=O) groups is 1. The van der Waals surface area contributed by atoms with Crippen molar-refractivity contribution in [1.29, 1.82) is 0 Å². The van der Waals surface area contributed by atoms with Crippen LogP contribution < -0.4 is 0 Å². The van der Waals surface area contributed by atoms with Gasteiger partial charge in [0.1, 0.15) is 27.3 Å². The molecular weight excluding hydrogens is 460 g/mol. The monoisotopic (exact) mass is 462 g/mol. The first kappa shape index (κ1) is 13.9. The molecule has 3 rings (SSSR count). The lowest BCUT2D eigenvalue weighted by atomic mass is 10.1. The first-order valence-electron chi connectivity index (χ1n) is 5.39. The highest BCUT2D eigenvalue weighted by molar-refractivity contribution is 9.12. The second kappa shape index (κ2) is 5.38. The van der Waals surface area contributed by atoms with Gasteiger partial charge in [-0.2, -0.15) is 0 Å². The van der Waals surface area contributed by atoms with Gasteiger partial charge >= 0.3 is 5.97 Å². The number of allylic oxidation sites excluding steroid dienone is 1. The fraction of sp³-hybridized carbons (Fsp3) is 0. The molecule has 102 valence electrons. The molecule has 0 amide bonds. The van der Waals surface area contributed by atoms with Crippen LogP contribution in [0.1, 0.15) is 11.5 Å². The lowest BCUT2D eigenvalue weighted by molar-refractivity contribution is -0.132. The average Bonchev–Trinajstić information content (AvgIpc) is 3.06. The molecule has 0 atom stereocenters. The van der Waals surface area contributed by atoms with Crippen LogP contribution in [0, 0.1) is 0 Å². The van der Waals surface area contributed by atoms with E-state index < -0.39 is 5.97 Å². The fourth-order valence-corrected chi connectivity index (χ4v) is 2.64. The number of hydrogen-bond acceptors (Lipinski definition) is 4. The average molecular weight is 465 g/mol. The molecule has 0 fully saturated rings. The van der Waals surface area contributed by atoms with Gasteiger partial charge < -0.3 is 13.6 Å². The number of halogens is 3. The van der Waals surface area contributed by atoms with Crippen LogP contribution in [0.2, 0.25) is 0 Å². The summed E-state index contributed by atoms with van der Waals surface area (Å²) in [6.45, 7) is 0. The van der Waals surface area contributed by atoms with Crippen LogP contribution in [0.3, 0.4) is 0 Å². The molecule has 0 unspecified atom stereocenters. The highest BCUT2D eigenvalue weighted by Gasteiger charge is 2.26. The van der Waals surface area contributed by atoms with Gasteiger partial charge in [0.05, 0.1) is 0 Å². The number of cyclic esters (lactones) is 1. The second-order valence-electron chi connectivity index (χ2n) is 3.83. The van der Waals surface area contributed by atoms with Crippen LogP contribution in [0.15, 0.2) is 58.8 Å². The summed E-state index contributed by atoms with van der Waals surface area (Å²) in [6, 6.07) is 7.03. The second-order valence-corrected chi connectivity index (χ2v) is 6.25. The Bertz CT molecular complexity index is 709. The van der Waals surface area contributed by atoms with E-state index in [9.17, 15) is 4.79 Å². The smallest absolute Gasteiger partial charge is 0.350 e. The SMILES string of the molecule is O=C1OC(=C(c2ccc(Br)o2)c2ccc(Br)o2)C=C1Br. The van der Waals surface area contributed by atoms with E-state index in [0.717, 1.165) is 0 Å². The first-order chi connectivity index (χ1) is 9.54. The van der Waals surface area contributed by atoms with E-state index in [-0.39, 0.29) is 0 Å². The van der Waals surface area contributed by atoms with Crippen molar-refractivity contribution >= 4 is 59.3 Å². The van der Waals surface area contributed by atoms with Crippen LogP contribution in [-0.2, 0) is 9.53 Å². The third kappa shape index (κ3) is 2.57. The standard InChI is InChI=1S/C13H5Br3O4/c14-6-5-9(20-13(6)17)12(7-1-3-10(15)18-7)8-2-4-11(16)19-8/h1-5H. The number of esters is 1. The van der Waals surface area contributed by atoms with Crippen LogP contribution >= 0.6 is 47.8 Å². The Hall–Kier alpha value is -1.05. The lowest BCUT2D eigenvalue weighted by Crippen LogP contribution is -1.96. The summed E-state index contributed by atoms with van der Waals surface area (Å²) in [5.74, 6) is 0.972. The van der Waals surface area contributed by atoms with Crippen LogP contribution in [0.25, 0.3) is 5.57 Å². The minimum Gasteiger partial charge on any atom is -0.449 e. The number of rotatable bonds is 2. The molecule has 7 heteroatoms. The lowest BCUT2D eigenvalue weighted by Gasteiger charge is -2.04. The Labute approximate surface area is 138 Å². The summed E-state index contributed by atoms with van der Waals surface area (Å²) in [4.78, 5) is 11.5. The van der Waals surface area contributed by atoms with Crippen molar-refractivity contribution in [3.63, 3.8) is 0 Å². The van der Waals surface area contributed by atoms with Crippen molar-refractivity contribution in [2.45, 2.75) is 0 Å². The predicted molar refractivity (Wildman–Crippen MR) is 81.9 cm³/mol. The Morgan fingerprint density at radius 2 is 1.45 bits per heavy atom. The van der Waals surface area contributed by atoms with Gasteiger partial charge in [0, 0.05) is 6.08 Å². The van der Waals surface area contributed by atoms with Gasteiger partial charge in [0.25, 0.3) is 0 Å². The van der Waals surface area contributed by atoms with E-state index in [1.165, 1.54) is 0 Å². The van der Waals surface area contributed by atoms with E-state index in [0.29, 0.717) is 36.7 Å². The minimum absolute atomic E-state index is 0.348. The van der Waals surface area contributed by atoms with E-state index in [4.69, 9.17) is 13.6 Å². The van der Waals surface area contributed by atoms with E-state index in [1.807, 2.05) is 0 Å². The molecule has 0 saturated carbocycles. The summed E-state index contributed by atoms with van der Waals surface area (Å²) in [5, 5.41) is 0. The molecule has 2 aromatic heterocycles. The highest BCUT2D eigenvalue weighted by Crippen LogP contribution is 2.36. The Morgan fingerprint density at radius 3 is 1.80 bits per heavy atom. The van der Waals surface area contributed by atoms with E-state index >= 15 is 0 Å². The van der Waals surface area contributed by atoms with E-state index in [2.05, 4.69) is 47.8 Å². The molecule has 20 heavy (non-hydrogen) atoms. The minimum atomic E-state index is -0.450. The summed E-state index contributed by atoms with van der Waals surface area (Å²) < 4.78 is 17.8. The van der Waals surface area contributed by atoms with Gasteiger partial charge in [-0.05, 0) is 72.1 Å². The number of hydrogen-bond donors (Lipinski definition) is 0. The Morgan fingerprint density at radius 1 is 0.900 bits per heavy atom. The van der Waals surface area contributed by atoms with Crippen LogP contribution in [0.5, 0.6) is 0 Å². The molecule has 2 aromatic rings. The van der Waals surface area contributed by atoms with Gasteiger partial charge in [0.15, 0.2) is 9.34 Å². The molecule has 0 aromatic carbocycles. The Kier molecular flexibility index (Phi) is 3.74. The quantitative estimate of drug-likeness (QED) is 0.587. The molecular formula is C13H5Br3O4. The molecule has 0 N–H and O–H groups in total. The molecule has 0 radical (unpaired) electrons. The topological polar surface area (TPSA) is 52.6 Å². The third-order valence-electron chi connectivity index (χ3n) is 2.54. The summed E-state index contributed by atoms with van der Waals surface area (Å²) in [5.41, 5.74) is 0.559. The number of carbonyl (C=O) groups excluding carboxylic acids is 1. The van der Waals surface area contributed by atoms with Gasteiger partial charge in [-0.25, -0.2) is 4.79 Å². The van der Waals surface area contributed by atoms with Crippen LogP contribution in [-0.4, -0.2) is 5.97 Å².